The van der Waals surface area contributed by atoms with Crippen molar-refractivity contribution in [3.8, 4) is 17.2 Å². The summed E-state index contributed by atoms with van der Waals surface area (Å²) in [5.41, 5.74) is 1.76. The highest BCUT2D eigenvalue weighted by molar-refractivity contribution is 6.35. The summed E-state index contributed by atoms with van der Waals surface area (Å²) in [5, 5.41) is 5.19. The quantitative estimate of drug-likeness (QED) is 0.689. The Labute approximate surface area is 158 Å². The van der Waals surface area contributed by atoms with Crippen LogP contribution < -0.4 is 24.8 Å². The number of ether oxygens (including phenoxy) is 3. The maximum absolute atomic E-state index is 12.0. The lowest BCUT2D eigenvalue weighted by molar-refractivity contribution is -0.139. The van der Waals surface area contributed by atoms with Gasteiger partial charge in [0.05, 0.1) is 21.3 Å². The lowest BCUT2D eigenvalue weighted by atomic mass is 10.1. The first kappa shape index (κ1) is 20.1. The molecule has 0 heterocycles. The first-order valence-corrected chi connectivity index (χ1v) is 8.47. The predicted molar refractivity (Wildman–Crippen MR) is 101 cm³/mol. The molecule has 2 N–H and O–H groups in total. The molecule has 0 aliphatic rings. The normalized spacial score (nSPS) is 10.0. The molecule has 0 fully saturated rings. The second kappa shape index (κ2) is 10.1. The Balaban J connectivity index is 1.81. The van der Waals surface area contributed by atoms with Gasteiger partial charge in [-0.1, -0.05) is 24.3 Å². The third-order valence-corrected chi connectivity index (χ3v) is 3.98. The maximum Gasteiger partial charge on any atom is 0.309 e. The zero-order chi connectivity index (χ0) is 19.6. The number of para-hydroxylation sites is 1. The van der Waals surface area contributed by atoms with Crippen LogP contribution >= 0.6 is 0 Å². The molecule has 0 saturated carbocycles. The fourth-order valence-electron chi connectivity index (χ4n) is 2.55. The van der Waals surface area contributed by atoms with E-state index in [4.69, 9.17) is 14.2 Å². The molecular formula is C20H24N2O5. The van der Waals surface area contributed by atoms with Gasteiger partial charge in [0.15, 0.2) is 11.5 Å². The number of hydrogen-bond donors (Lipinski definition) is 2. The summed E-state index contributed by atoms with van der Waals surface area (Å²) in [5.74, 6) is 0.548. The minimum absolute atomic E-state index is 0.207. The molecule has 0 atom stereocenters. The highest BCUT2D eigenvalue weighted by Gasteiger charge is 2.13. The molecule has 7 nitrogen and oxygen atoms in total. The first-order chi connectivity index (χ1) is 13.1. The number of rotatable bonds is 8. The Morgan fingerprint density at radius 1 is 0.815 bits per heavy atom. The topological polar surface area (TPSA) is 85.9 Å². The molecule has 2 aromatic carbocycles. The van der Waals surface area contributed by atoms with E-state index in [0.717, 1.165) is 16.9 Å². The van der Waals surface area contributed by atoms with Gasteiger partial charge in [0.2, 0.25) is 0 Å². The molecule has 0 aliphatic carbocycles. The van der Waals surface area contributed by atoms with E-state index >= 15 is 0 Å². The first-order valence-electron chi connectivity index (χ1n) is 8.47. The highest BCUT2D eigenvalue weighted by atomic mass is 16.5. The summed E-state index contributed by atoms with van der Waals surface area (Å²) in [4.78, 5) is 23.9. The van der Waals surface area contributed by atoms with Gasteiger partial charge in [0.1, 0.15) is 5.75 Å². The molecule has 0 aliphatic heterocycles. The van der Waals surface area contributed by atoms with Crippen LogP contribution in [0.15, 0.2) is 42.5 Å². The lowest BCUT2D eigenvalue weighted by Gasteiger charge is -2.11. The van der Waals surface area contributed by atoms with E-state index in [1.165, 1.54) is 7.11 Å². The standard InChI is InChI=1S/C20H24N2O5/c1-25-16-7-5-4-6-15(16)10-11-21-19(23)20(24)22-13-14-8-9-17(26-2)18(12-14)27-3/h4-9,12H,10-11,13H2,1-3H3,(H,21,23)(H,22,24). The van der Waals surface area contributed by atoms with Crippen molar-refractivity contribution in [3.63, 3.8) is 0 Å². The Morgan fingerprint density at radius 2 is 1.48 bits per heavy atom. The van der Waals surface area contributed by atoms with E-state index in [1.807, 2.05) is 24.3 Å². The SMILES string of the molecule is COc1ccccc1CCNC(=O)C(=O)NCc1ccc(OC)c(OC)c1. The minimum Gasteiger partial charge on any atom is -0.496 e. The van der Waals surface area contributed by atoms with E-state index in [-0.39, 0.29) is 6.54 Å². The summed E-state index contributed by atoms with van der Waals surface area (Å²) >= 11 is 0. The van der Waals surface area contributed by atoms with Gasteiger partial charge >= 0.3 is 11.8 Å². The molecular weight excluding hydrogens is 348 g/mol. The van der Waals surface area contributed by atoms with Crippen molar-refractivity contribution in [2.45, 2.75) is 13.0 Å². The van der Waals surface area contributed by atoms with E-state index < -0.39 is 11.8 Å². The van der Waals surface area contributed by atoms with Crippen LogP contribution in [0, 0.1) is 0 Å². The molecule has 0 bridgehead atoms. The number of hydrogen-bond acceptors (Lipinski definition) is 5. The van der Waals surface area contributed by atoms with Crippen molar-refractivity contribution in [1.29, 1.82) is 0 Å². The van der Waals surface area contributed by atoms with Crippen molar-refractivity contribution in [2.24, 2.45) is 0 Å². The van der Waals surface area contributed by atoms with Gasteiger partial charge in [-0.15, -0.1) is 0 Å². The van der Waals surface area contributed by atoms with E-state index in [1.54, 1.807) is 32.4 Å². The number of nitrogens with one attached hydrogen (secondary N) is 2. The molecule has 2 aromatic rings. The molecule has 0 saturated heterocycles. The summed E-state index contributed by atoms with van der Waals surface area (Å²) in [7, 11) is 4.68. The molecule has 0 spiro atoms. The van der Waals surface area contributed by atoms with Crippen molar-refractivity contribution in [3.05, 3.63) is 53.6 Å². The third-order valence-electron chi connectivity index (χ3n) is 3.98. The zero-order valence-electron chi connectivity index (χ0n) is 15.7. The minimum atomic E-state index is -0.690. The van der Waals surface area contributed by atoms with Gasteiger partial charge in [-0.05, 0) is 35.7 Å². The smallest absolute Gasteiger partial charge is 0.309 e. The average molecular weight is 372 g/mol. The van der Waals surface area contributed by atoms with Gasteiger partial charge in [-0.25, -0.2) is 0 Å². The molecule has 144 valence electrons. The van der Waals surface area contributed by atoms with Gasteiger partial charge < -0.3 is 24.8 Å². The van der Waals surface area contributed by atoms with Crippen LogP contribution in [0.5, 0.6) is 17.2 Å². The number of amides is 2. The molecule has 0 unspecified atom stereocenters. The van der Waals surface area contributed by atoms with Gasteiger partial charge in [-0.2, -0.15) is 0 Å². The van der Waals surface area contributed by atoms with Crippen molar-refractivity contribution in [2.75, 3.05) is 27.9 Å². The van der Waals surface area contributed by atoms with Crippen LogP contribution in [0.4, 0.5) is 0 Å². The van der Waals surface area contributed by atoms with Crippen LogP contribution in [0.3, 0.4) is 0 Å². The number of carbonyl (C=O) groups excluding carboxylic acids is 2. The van der Waals surface area contributed by atoms with E-state index in [9.17, 15) is 9.59 Å². The number of methoxy groups -OCH3 is 3. The molecule has 7 heteroatoms. The van der Waals surface area contributed by atoms with E-state index in [0.29, 0.717) is 24.5 Å². The zero-order valence-corrected chi connectivity index (χ0v) is 15.7. The Morgan fingerprint density at radius 3 is 2.19 bits per heavy atom. The Bertz CT molecular complexity index is 792. The molecule has 0 aromatic heterocycles. The third kappa shape index (κ3) is 5.64. The summed E-state index contributed by atoms with van der Waals surface area (Å²) in [6.07, 6.45) is 0.568. The fraction of sp³-hybridized carbons (Fsp3) is 0.300. The largest absolute Gasteiger partial charge is 0.496 e. The second-order valence-electron chi connectivity index (χ2n) is 5.69. The van der Waals surface area contributed by atoms with Crippen LogP contribution in [-0.4, -0.2) is 39.7 Å². The average Bonchev–Trinajstić information content (AvgIpc) is 2.71. The van der Waals surface area contributed by atoms with Crippen molar-refractivity contribution in [1.82, 2.24) is 10.6 Å². The maximum atomic E-state index is 12.0. The predicted octanol–water partition coefficient (Wildman–Crippen LogP) is 1.69. The summed E-state index contributed by atoms with van der Waals surface area (Å²) in [6.45, 7) is 0.544. The van der Waals surface area contributed by atoms with Crippen molar-refractivity contribution >= 4 is 11.8 Å². The second-order valence-corrected chi connectivity index (χ2v) is 5.69. The van der Waals surface area contributed by atoms with Crippen molar-refractivity contribution < 1.29 is 23.8 Å². The number of benzene rings is 2. The van der Waals surface area contributed by atoms with Gasteiger partial charge in [-0.3, -0.25) is 9.59 Å². The van der Waals surface area contributed by atoms with Crippen LogP contribution in [-0.2, 0) is 22.6 Å². The lowest BCUT2D eigenvalue weighted by Crippen LogP contribution is -2.40. The number of carbonyl (C=O) groups is 2. The molecule has 2 amide bonds. The van der Waals surface area contributed by atoms with Gasteiger partial charge in [0, 0.05) is 13.1 Å². The fourth-order valence-corrected chi connectivity index (χ4v) is 2.55. The van der Waals surface area contributed by atoms with E-state index in [2.05, 4.69) is 10.6 Å². The molecule has 2 rings (SSSR count). The van der Waals surface area contributed by atoms with Crippen LogP contribution in [0.2, 0.25) is 0 Å². The monoisotopic (exact) mass is 372 g/mol. The molecule has 0 radical (unpaired) electrons. The van der Waals surface area contributed by atoms with Crippen LogP contribution in [0.25, 0.3) is 0 Å². The Kier molecular flexibility index (Phi) is 7.49. The molecule has 27 heavy (non-hydrogen) atoms. The summed E-state index contributed by atoms with van der Waals surface area (Å²) < 4.78 is 15.6. The van der Waals surface area contributed by atoms with Gasteiger partial charge in [0.25, 0.3) is 0 Å². The summed E-state index contributed by atoms with van der Waals surface area (Å²) in [6, 6.07) is 12.8. The highest BCUT2D eigenvalue weighted by Crippen LogP contribution is 2.27. The van der Waals surface area contributed by atoms with Crippen LogP contribution in [0.1, 0.15) is 11.1 Å². The Hall–Kier alpha value is -3.22.